The Balaban J connectivity index is 2.27. The molecule has 6 heteroatoms. The van der Waals surface area contributed by atoms with Crippen molar-refractivity contribution in [2.45, 2.75) is 45.3 Å². The summed E-state index contributed by atoms with van der Waals surface area (Å²) in [6, 6.07) is 5.11. The fourth-order valence-electron chi connectivity index (χ4n) is 2.54. The van der Waals surface area contributed by atoms with Crippen molar-refractivity contribution in [1.29, 1.82) is 0 Å². The maximum Gasteiger partial charge on any atom is 0.414 e. The number of nitrogens with zero attached hydrogens (tertiary/aromatic N) is 1. The van der Waals surface area contributed by atoms with Crippen LogP contribution in [0.5, 0.6) is 0 Å². The molecule has 0 fully saturated rings. The fourth-order valence-corrected chi connectivity index (χ4v) is 2.54. The number of esters is 1. The normalized spacial score (nSPS) is 15.6. The Bertz CT molecular complexity index is 605. The lowest BCUT2D eigenvalue weighted by atomic mass is 9.97. The molecule has 1 heterocycles. The molecule has 1 unspecified atom stereocenters. The second kappa shape index (κ2) is 6.58. The van der Waals surface area contributed by atoms with Gasteiger partial charge in [0.1, 0.15) is 5.60 Å². The van der Waals surface area contributed by atoms with Gasteiger partial charge in [-0.05, 0) is 50.8 Å². The van der Waals surface area contributed by atoms with Crippen molar-refractivity contribution in [2.24, 2.45) is 0 Å². The number of hydrogen-bond donors (Lipinski definition) is 1. The van der Waals surface area contributed by atoms with Crippen LogP contribution in [0.3, 0.4) is 0 Å². The second-order valence-corrected chi connectivity index (χ2v) is 6.55. The van der Waals surface area contributed by atoms with Gasteiger partial charge in [-0.15, -0.1) is 0 Å². The Morgan fingerprint density at radius 1 is 1.30 bits per heavy atom. The minimum atomic E-state index is -1.32. The first kappa shape index (κ1) is 17.3. The van der Waals surface area contributed by atoms with Gasteiger partial charge in [0.25, 0.3) is 0 Å². The smallest absolute Gasteiger partial charge is 0.414 e. The van der Waals surface area contributed by atoms with Crippen LogP contribution >= 0.6 is 0 Å². The second-order valence-electron chi connectivity index (χ2n) is 6.55. The average molecular weight is 321 g/mol. The van der Waals surface area contributed by atoms with Crippen LogP contribution in [-0.4, -0.2) is 36.4 Å². The highest BCUT2D eigenvalue weighted by Crippen LogP contribution is 2.31. The van der Waals surface area contributed by atoms with E-state index in [-0.39, 0.29) is 6.09 Å². The number of carbonyl (C=O) groups is 2. The topological polar surface area (TPSA) is 76.1 Å². The molecule has 1 aliphatic rings. The van der Waals surface area contributed by atoms with Crippen LogP contribution in [0.4, 0.5) is 10.5 Å². The zero-order chi connectivity index (χ0) is 17.2. The summed E-state index contributed by atoms with van der Waals surface area (Å²) in [5.41, 5.74) is 1.56. The van der Waals surface area contributed by atoms with Gasteiger partial charge in [-0.3, -0.25) is 4.90 Å². The molecule has 1 aromatic rings. The zero-order valence-corrected chi connectivity index (χ0v) is 14.0. The van der Waals surface area contributed by atoms with Gasteiger partial charge in [-0.1, -0.05) is 12.1 Å². The Labute approximate surface area is 136 Å². The monoisotopic (exact) mass is 321 g/mol. The molecule has 1 aliphatic heterocycles. The molecule has 0 radical (unpaired) electrons. The van der Waals surface area contributed by atoms with Gasteiger partial charge in [0, 0.05) is 6.54 Å². The number of rotatable bonds is 2. The van der Waals surface area contributed by atoms with Crippen LogP contribution in [0.1, 0.15) is 44.4 Å². The molecule has 0 spiro atoms. The highest BCUT2D eigenvalue weighted by atomic mass is 16.6. The third kappa shape index (κ3) is 4.01. The Morgan fingerprint density at radius 3 is 2.61 bits per heavy atom. The van der Waals surface area contributed by atoms with Crippen molar-refractivity contribution < 1.29 is 24.2 Å². The summed E-state index contributed by atoms with van der Waals surface area (Å²) >= 11 is 0. The number of aliphatic hydroxyl groups is 1. The number of anilines is 1. The molecule has 0 saturated heterocycles. The maximum absolute atomic E-state index is 12.3. The van der Waals surface area contributed by atoms with Gasteiger partial charge < -0.3 is 14.6 Å². The van der Waals surface area contributed by atoms with E-state index in [4.69, 9.17) is 4.74 Å². The van der Waals surface area contributed by atoms with E-state index in [0.717, 1.165) is 24.1 Å². The standard InChI is InChI=1S/C17H23NO5/c1-17(2,3)23-16(21)18-9-5-6-11-10-12(7-8-13(11)18)14(19)15(20)22-4/h7-8,10,14,19H,5-6,9H2,1-4H3. The van der Waals surface area contributed by atoms with E-state index in [2.05, 4.69) is 4.74 Å². The van der Waals surface area contributed by atoms with E-state index in [0.29, 0.717) is 12.1 Å². The Hall–Kier alpha value is -2.08. The molecule has 1 aromatic carbocycles. The minimum absolute atomic E-state index is 0.389. The van der Waals surface area contributed by atoms with Crippen LogP contribution in [0, 0.1) is 0 Å². The fraction of sp³-hybridized carbons (Fsp3) is 0.529. The first-order chi connectivity index (χ1) is 10.7. The van der Waals surface area contributed by atoms with Crippen LogP contribution in [0.15, 0.2) is 18.2 Å². The number of carbonyl (C=O) groups excluding carboxylic acids is 2. The van der Waals surface area contributed by atoms with Crippen LogP contribution in [-0.2, 0) is 20.7 Å². The van der Waals surface area contributed by atoms with Crippen LogP contribution in [0.2, 0.25) is 0 Å². The number of aliphatic hydroxyl groups excluding tert-OH is 1. The van der Waals surface area contributed by atoms with E-state index >= 15 is 0 Å². The minimum Gasteiger partial charge on any atom is -0.467 e. The molecule has 23 heavy (non-hydrogen) atoms. The Kier molecular flexibility index (Phi) is 4.94. The number of benzene rings is 1. The molecule has 0 aromatic heterocycles. The van der Waals surface area contributed by atoms with Crippen molar-refractivity contribution in [2.75, 3.05) is 18.6 Å². The first-order valence-electron chi connectivity index (χ1n) is 7.62. The maximum atomic E-state index is 12.3. The number of aryl methyl sites for hydroxylation is 1. The summed E-state index contributed by atoms with van der Waals surface area (Å²) < 4.78 is 9.98. The van der Waals surface area contributed by atoms with Gasteiger partial charge in [0.05, 0.1) is 12.8 Å². The van der Waals surface area contributed by atoms with E-state index < -0.39 is 17.7 Å². The highest BCUT2D eigenvalue weighted by molar-refractivity contribution is 5.89. The van der Waals surface area contributed by atoms with Crippen molar-refractivity contribution in [1.82, 2.24) is 0 Å². The lowest BCUT2D eigenvalue weighted by Gasteiger charge is -2.32. The summed E-state index contributed by atoms with van der Waals surface area (Å²) in [5, 5.41) is 9.94. The predicted octanol–water partition coefficient (Wildman–Crippen LogP) is 2.58. The van der Waals surface area contributed by atoms with Gasteiger partial charge >= 0.3 is 12.1 Å². The molecule has 2 rings (SSSR count). The third-order valence-electron chi connectivity index (χ3n) is 3.58. The van der Waals surface area contributed by atoms with Crippen molar-refractivity contribution in [3.05, 3.63) is 29.3 Å². The SMILES string of the molecule is COC(=O)C(O)c1ccc2c(c1)CCCN2C(=O)OC(C)(C)C. The molecular formula is C17H23NO5. The highest BCUT2D eigenvalue weighted by Gasteiger charge is 2.28. The predicted molar refractivity (Wildman–Crippen MR) is 85.3 cm³/mol. The first-order valence-corrected chi connectivity index (χ1v) is 7.62. The molecule has 0 aliphatic carbocycles. The number of ether oxygens (including phenoxy) is 2. The molecular weight excluding hydrogens is 298 g/mol. The van der Waals surface area contributed by atoms with Gasteiger partial charge in [0.15, 0.2) is 6.10 Å². The van der Waals surface area contributed by atoms with E-state index in [1.807, 2.05) is 20.8 Å². The van der Waals surface area contributed by atoms with Crippen LogP contribution in [0.25, 0.3) is 0 Å². The third-order valence-corrected chi connectivity index (χ3v) is 3.58. The average Bonchev–Trinajstić information content (AvgIpc) is 2.50. The number of amides is 1. The summed E-state index contributed by atoms with van der Waals surface area (Å²) in [5.74, 6) is -0.704. The molecule has 126 valence electrons. The number of fused-ring (bicyclic) bond motifs is 1. The molecule has 6 nitrogen and oxygen atoms in total. The summed E-state index contributed by atoms with van der Waals surface area (Å²) in [7, 11) is 1.23. The molecule has 1 N–H and O–H groups in total. The lowest BCUT2D eigenvalue weighted by Crippen LogP contribution is -2.39. The van der Waals surface area contributed by atoms with Gasteiger partial charge in [-0.2, -0.15) is 0 Å². The zero-order valence-electron chi connectivity index (χ0n) is 14.0. The van der Waals surface area contributed by atoms with Crippen molar-refractivity contribution >= 4 is 17.7 Å². The van der Waals surface area contributed by atoms with Gasteiger partial charge in [0.2, 0.25) is 0 Å². The largest absolute Gasteiger partial charge is 0.467 e. The quantitative estimate of drug-likeness (QED) is 0.847. The lowest BCUT2D eigenvalue weighted by molar-refractivity contribution is -0.150. The number of methoxy groups -OCH3 is 1. The molecule has 0 saturated carbocycles. The van der Waals surface area contributed by atoms with Crippen molar-refractivity contribution in [3.63, 3.8) is 0 Å². The molecule has 1 amide bonds. The van der Waals surface area contributed by atoms with Gasteiger partial charge in [-0.25, -0.2) is 9.59 Å². The van der Waals surface area contributed by atoms with Crippen molar-refractivity contribution in [3.8, 4) is 0 Å². The Morgan fingerprint density at radius 2 is 2.00 bits per heavy atom. The number of hydrogen-bond acceptors (Lipinski definition) is 5. The van der Waals surface area contributed by atoms with E-state index in [1.165, 1.54) is 7.11 Å². The summed E-state index contributed by atoms with van der Waals surface area (Å²) in [4.78, 5) is 25.4. The van der Waals surface area contributed by atoms with E-state index in [1.54, 1.807) is 23.1 Å². The molecule has 0 bridgehead atoms. The van der Waals surface area contributed by atoms with Crippen LogP contribution < -0.4 is 4.90 Å². The molecule has 1 atom stereocenters. The summed E-state index contributed by atoms with van der Waals surface area (Å²) in [6.07, 6.45) is -0.137. The summed E-state index contributed by atoms with van der Waals surface area (Å²) in [6.45, 7) is 6.06. The van der Waals surface area contributed by atoms with E-state index in [9.17, 15) is 14.7 Å².